The van der Waals surface area contributed by atoms with E-state index in [1.54, 1.807) is 0 Å². The number of aliphatic hydroxyl groups is 1. The van der Waals surface area contributed by atoms with Crippen molar-refractivity contribution < 1.29 is 9.90 Å². The Bertz CT molecular complexity index is 179. The summed E-state index contributed by atoms with van der Waals surface area (Å²) in [5, 5.41) is 14.8. The number of nitrogens with one attached hydrogen (secondary N) is 2. The predicted octanol–water partition coefficient (Wildman–Crippen LogP) is 0.119. The second-order valence-electron chi connectivity index (χ2n) is 4.65. The summed E-state index contributed by atoms with van der Waals surface area (Å²) in [6.45, 7) is 8.80. The van der Waals surface area contributed by atoms with Gasteiger partial charge in [-0.15, -0.1) is 0 Å². The Hall–Kier alpha value is -0.610. The third-order valence-corrected chi connectivity index (χ3v) is 1.77. The zero-order chi connectivity index (χ0) is 11.2. The van der Waals surface area contributed by atoms with E-state index >= 15 is 0 Å². The topological polar surface area (TPSA) is 61.4 Å². The number of amides is 1. The minimum Gasteiger partial charge on any atom is -0.396 e. The maximum atomic E-state index is 11.2. The van der Waals surface area contributed by atoms with E-state index < -0.39 is 0 Å². The molecular weight excluding hydrogens is 180 g/mol. The maximum absolute atomic E-state index is 11.2. The Balaban J connectivity index is 3.59. The van der Waals surface area contributed by atoms with Gasteiger partial charge in [0.15, 0.2) is 0 Å². The fourth-order valence-electron chi connectivity index (χ4n) is 0.943. The Morgan fingerprint density at radius 2 is 2.00 bits per heavy atom. The van der Waals surface area contributed by atoms with Crippen LogP contribution in [0.4, 0.5) is 0 Å². The van der Waals surface area contributed by atoms with Gasteiger partial charge >= 0.3 is 0 Å². The predicted molar refractivity (Wildman–Crippen MR) is 57.0 cm³/mol. The normalized spacial score (nSPS) is 11.9. The van der Waals surface area contributed by atoms with Crippen LogP contribution in [0.25, 0.3) is 0 Å². The molecule has 1 amide bonds. The summed E-state index contributed by atoms with van der Waals surface area (Å²) in [4.78, 5) is 11.2. The van der Waals surface area contributed by atoms with Gasteiger partial charge in [0.05, 0.1) is 6.54 Å². The zero-order valence-corrected chi connectivity index (χ0v) is 9.55. The Morgan fingerprint density at radius 1 is 1.43 bits per heavy atom. The SMILES string of the molecule is CC(C)NC(=O)CNCC(C)(C)CO. The lowest BCUT2D eigenvalue weighted by Crippen LogP contribution is -2.41. The lowest BCUT2D eigenvalue weighted by molar-refractivity contribution is -0.120. The van der Waals surface area contributed by atoms with E-state index in [4.69, 9.17) is 5.11 Å². The van der Waals surface area contributed by atoms with E-state index in [1.165, 1.54) is 0 Å². The van der Waals surface area contributed by atoms with Gasteiger partial charge in [0, 0.05) is 24.6 Å². The van der Waals surface area contributed by atoms with Gasteiger partial charge in [0.25, 0.3) is 0 Å². The standard InChI is InChI=1S/C10H22N2O2/c1-8(2)12-9(14)5-11-6-10(3,4)7-13/h8,11,13H,5-7H2,1-4H3,(H,12,14). The number of carbonyl (C=O) groups excluding carboxylic acids is 1. The fraction of sp³-hybridized carbons (Fsp3) is 0.900. The third kappa shape index (κ3) is 6.86. The first kappa shape index (κ1) is 13.4. The summed E-state index contributed by atoms with van der Waals surface area (Å²) in [6, 6.07) is 0.176. The van der Waals surface area contributed by atoms with Crippen LogP contribution >= 0.6 is 0 Å². The molecule has 0 bridgehead atoms. The average Bonchev–Trinajstić information content (AvgIpc) is 2.02. The van der Waals surface area contributed by atoms with Crippen molar-refractivity contribution in [2.75, 3.05) is 19.7 Å². The maximum Gasteiger partial charge on any atom is 0.234 e. The molecule has 0 heterocycles. The number of hydrogen-bond donors (Lipinski definition) is 3. The minimum absolute atomic E-state index is 0.00580. The zero-order valence-electron chi connectivity index (χ0n) is 9.55. The molecule has 0 saturated carbocycles. The number of hydrogen-bond acceptors (Lipinski definition) is 3. The van der Waals surface area contributed by atoms with Crippen LogP contribution in [0.3, 0.4) is 0 Å². The molecule has 84 valence electrons. The van der Waals surface area contributed by atoms with Crippen molar-refractivity contribution >= 4 is 5.91 Å². The van der Waals surface area contributed by atoms with Gasteiger partial charge in [-0.2, -0.15) is 0 Å². The molecule has 0 rings (SSSR count). The molecule has 0 aromatic rings. The van der Waals surface area contributed by atoms with E-state index in [0.29, 0.717) is 13.1 Å². The highest BCUT2D eigenvalue weighted by Crippen LogP contribution is 2.10. The summed E-state index contributed by atoms with van der Waals surface area (Å²) in [7, 11) is 0. The molecule has 0 fully saturated rings. The highest BCUT2D eigenvalue weighted by atomic mass is 16.3. The Labute approximate surface area is 86.1 Å². The molecule has 0 unspecified atom stereocenters. The second kappa shape index (κ2) is 5.98. The van der Waals surface area contributed by atoms with Crippen LogP contribution in [0, 0.1) is 5.41 Å². The summed E-state index contributed by atoms with van der Waals surface area (Å²) in [6.07, 6.45) is 0. The van der Waals surface area contributed by atoms with Crippen molar-refractivity contribution in [2.24, 2.45) is 5.41 Å². The molecule has 0 aliphatic rings. The van der Waals surface area contributed by atoms with Crippen molar-refractivity contribution in [2.45, 2.75) is 33.7 Å². The summed E-state index contributed by atoms with van der Waals surface area (Å²) >= 11 is 0. The highest BCUT2D eigenvalue weighted by molar-refractivity contribution is 5.78. The second-order valence-corrected chi connectivity index (χ2v) is 4.65. The molecule has 0 radical (unpaired) electrons. The summed E-state index contributed by atoms with van der Waals surface area (Å²) < 4.78 is 0. The molecule has 0 saturated heterocycles. The first-order valence-electron chi connectivity index (χ1n) is 4.98. The van der Waals surface area contributed by atoms with Crippen LogP contribution in [-0.4, -0.2) is 36.8 Å². The van der Waals surface area contributed by atoms with Crippen LogP contribution in [0.5, 0.6) is 0 Å². The summed E-state index contributed by atoms with van der Waals surface area (Å²) in [5.74, 6) is -0.00580. The molecule has 0 aliphatic heterocycles. The van der Waals surface area contributed by atoms with E-state index in [9.17, 15) is 4.79 Å². The molecule has 14 heavy (non-hydrogen) atoms. The molecule has 3 N–H and O–H groups in total. The van der Waals surface area contributed by atoms with E-state index in [2.05, 4.69) is 10.6 Å². The highest BCUT2D eigenvalue weighted by Gasteiger charge is 2.16. The monoisotopic (exact) mass is 202 g/mol. The van der Waals surface area contributed by atoms with Gasteiger partial charge in [-0.05, 0) is 13.8 Å². The van der Waals surface area contributed by atoms with Crippen LogP contribution in [0.15, 0.2) is 0 Å². The molecule has 0 atom stereocenters. The van der Waals surface area contributed by atoms with Gasteiger partial charge in [0.1, 0.15) is 0 Å². The van der Waals surface area contributed by atoms with Crippen molar-refractivity contribution in [3.05, 3.63) is 0 Å². The molecule has 0 aliphatic carbocycles. The lowest BCUT2D eigenvalue weighted by Gasteiger charge is -2.21. The molecule has 0 aromatic heterocycles. The third-order valence-electron chi connectivity index (χ3n) is 1.77. The quantitative estimate of drug-likeness (QED) is 0.573. The fourth-order valence-corrected chi connectivity index (χ4v) is 0.943. The van der Waals surface area contributed by atoms with Crippen LogP contribution in [-0.2, 0) is 4.79 Å². The van der Waals surface area contributed by atoms with Crippen molar-refractivity contribution in [1.82, 2.24) is 10.6 Å². The van der Waals surface area contributed by atoms with E-state index in [0.717, 1.165) is 0 Å². The minimum atomic E-state index is -0.169. The van der Waals surface area contributed by atoms with Crippen molar-refractivity contribution in [3.8, 4) is 0 Å². The number of carbonyl (C=O) groups is 1. The molecule has 0 aromatic carbocycles. The van der Waals surface area contributed by atoms with Crippen molar-refractivity contribution in [3.63, 3.8) is 0 Å². The Kier molecular flexibility index (Phi) is 5.72. The van der Waals surface area contributed by atoms with Gasteiger partial charge in [0.2, 0.25) is 5.91 Å². The van der Waals surface area contributed by atoms with Gasteiger partial charge < -0.3 is 15.7 Å². The lowest BCUT2D eigenvalue weighted by atomic mass is 9.95. The van der Waals surface area contributed by atoms with Gasteiger partial charge in [-0.3, -0.25) is 4.79 Å². The molecule has 0 spiro atoms. The van der Waals surface area contributed by atoms with Crippen LogP contribution in [0.1, 0.15) is 27.7 Å². The largest absolute Gasteiger partial charge is 0.396 e. The van der Waals surface area contributed by atoms with Crippen LogP contribution < -0.4 is 10.6 Å². The van der Waals surface area contributed by atoms with Gasteiger partial charge in [-0.25, -0.2) is 0 Å². The van der Waals surface area contributed by atoms with E-state index in [1.807, 2.05) is 27.7 Å². The van der Waals surface area contributed by atoms with E-state index in [-0.39, 0.29) is 24.0 Å². The number of aliphatic hydroxyl groups excluding tert-OH is 1. The first-order valence-corrected chi connectivity index (χ1v) is 4.98. The Morgan fingerprint density at radius 3 is 2.43 bits per heavy atom. The van der Waals surface area contributed by atoms with Gasteiger partial charge in [-0.1, -0.05) is 13.8 Å². The molecule has 4 heteroatoms. The molecule has 4 nitrogen and oxygen atoms in total. The number of rotatable bonds is 6. The smallest absolute Gasteiger partial charge is 0.234 e. The molecular formula is C10H22N2O2. The van der Waals surface area contributed by atoms with Crippen LogP contribution in [0.2, 0.25) is 0 Å². The summed E-state index contributed by atoms with van der Waals surface area (Å²) in [5.41, 5.74) is -0.169. The van der Waals surface area contributed by atoms with Crippen molar-refractivity contribution in [1.29, 1.82) is 0 Å². The average molecular weight is 202 g/mol. The first-order chi connectivity index (χ1) is 6.37.